The predicted octanol–water partition coefficient (Wildman–Crippen LogP) is 3.55. The van der Waals surface area contributed by atoms with Gasteiger partial charge in [-0.05, 0) is 42.8 Å². The number of aromatic carboxylic acids is 1. The summed E-state index contributed by atoms with van der Waals surface area (Å²) < 4.78 is 0. The number of rotatable bonds is 3. The Bertz CT molecular complexity index is 845. The molecule has 106 valence electrons. The molecule has 0 bridgehead atoms. The number of nitrogens with zero attached hydrogens (tertiary/aromatic N) is 3. The molecule has 0 aliphatic heterocycles. The van der Waals surface area contributed by atoms with Crippen molar-refractivity contribution in [3.63, 3.8) is 0 Å². The number of carbonyl (C=O) groups is 1. The van der Waals surface area contributed by atoms with Crippen LogP contribution < -0.4 is 0 Å². The summed E-state index contributed by atoms with van der Waals surface area (Å²) in [4.78, 5) is 25.1. The molecule has 3 rings (SSSR count). The van der Waals surface area contributed by atoms with E-state index in [9.17, 15) is 9.90 Å². The quantitative estimate of drug-likeness (QED) is 0.744. The molecule has 0 radical (unpaired) electrons. The summed E-state index contributed by atoms with van der Waals surface area (Å²) in [5.74, 6) is -0.930. The normalized spacial score (nSPS) is 11.0. The van der Waals surface area contributed by atoms with Gasteiger partial charge in [0.05, 0.1) is 0 Å². The van der Waals surface area contributed by atoms with Gasteiger partial charge in [0.1, 0.15) is 26.1 Å². The third-order valence-electron chi connectivity index (χ3n) is 3.04. The minimum atomic E-state index is -0.930. The maximum atomic E-state index is 11.3. The van der Waals surface area contributed by atoms with Crippen LogP contribution in [0.4, 0.5) is 0 Å². The number of thiophene rings is 1. The average Bonchev–Trinajstić information content (AvgIpc) is 2.80. The molecule has 0 unspecified atom stereocenters. The molecule has 21 heavy (non-hydrogen) atoms. The highest BCUT2D eigenvalue weighted by molar-refractivity contribution is 7.99. The zero-order chi connectivity index (χ0) is 15.0. The third-order valence-corrected chi connectivity index (χ3v) is 5.35. The zero-order valence-corrected chi connectivity index (χ0v) is 13.0. The van der Waals surface area contributed by atoms with Crippen LogP contribution in [0.5, 0.6) is 0 Å². The second kappa shape index (κ2) is 5.42. The SMILES string of the molecule is Cc1cccnc1Sc1ncnc2sc(C(=O)O)c(C)c12. The third kappa shape index (κ3) is 2.50. The van der Waals surface area contributed by atoms with E-state index in [0.29, 0.717) is 15.3 Å². The Balaban J connectivity index is 2.15. The second-order valence-electron chi connectivity index (χ2n) is 4.45. The lowest BCUT2D eigenvalue weighted by Crippen LogP contribution is -1.94. The van der Waals surface area contributed by atoms with Crippen LogP contribution in [0.25, 0.3) is 10.2 Å². The van der Waals surface area contributed by atoms with Crippen LogP contribution in [-0.2, 0) is 0 Å². The number of carboxylic acids is 1. The molecule has 0 saturated heterocycles. The first-order valence-electron chi connectivity index (χ1n) is 6.14. The first kappa shape index (κ1) is 14.0. The minimum absolute atomic E-state index is 0.310. The monoisotopic (exact) mass is 317 g/mol. The van der Waals surface area contributed by atoms with E-state index in [0.717, 1.165) is 21.0 Å². The molecule has 3 aromatic rings. The van der Waals surface area contributed by atoms with E-state index in [1.165, 1.54) is 29.4 Å². The van der Waals surface area contributed by atoms with Crippen molar-refractivity contribution in [2.75, 3.05) is 0 Å². The van der Waals surface area contributed by atoms with Crippen LogP contribution in [-0.4, -0.2) is 26.0 Å². The number of carboxylic acid groups (broad SMARTS) is 1. The minimum Gasteiger partial charge on any atom is -0.477 e. The van der Waals surface area contributed by atoms with Crippen molar-refractivity contribution in [2.45, 2.75) is 23.9 Å². The van der Waals surface area contributed by atoms with E-state index in [4.69, 9.17) is 0 Å². The van der Waals surface area contributed by atoms with Gasteiger partial charge in [-0.15, -0.1) is 11.3 Å². The summed E-state index contributed by atoms with van der Waals surface area (Å²) in [6.45, 7) is 3.78. The van der Waals surface area contributed by atoms with Gasteiger partial charge in [-0.3, -0.25) is 0 Å². The van der Waals surface area contributed by atoms with Crippen molar-refractivity contribution in [1.29, 1.82) is 0 Å². The van der Waals surface area contributed by atoms with Gasteiger partial charge in [0.25, 0.3) is 0 Å². The molecule has 0 saturated carbocycles. The summed E-state index contributed by atoms with van der Waals surface area (Å²) in [7, 11) is 0. The number of hydrogen-bond acceptors (Lipinski definition) is 6. The van der Waals surface area contributed by atoms with Gasteiger partial charge in [0.2, 0.25) is 0 Å². The molecule has 3 aromatic heterocycles. The molecule has 0 atom stereocenters. The number of aryl methyl sites for hydroxylation is 2. The van der Waals surface area contributed by atoms with Crippen LogP contribution in [0, 0.1) is 13.8 Å². The summed E-state index contributed by atoms with van der Waals surface area (Å²) in [5.41, 5.74) is 1.76. The Morgan fingerprint density at radius 3 is 2.76 bits per heavy atom. The summed E-state index contributed by atoms with van der Waals surface area (Å²) >= 11 is 2.61. The van der Waals surface area contributed by atoms with Crippen LogP contribution in [0.15, 0.2) is 34.7 Å². The summed E-state index contributed by atoms with van der Waals surface area (Å²) in [6, 6.07) is 3.87. The van der Waals surface area contributed by atoms with Crippen molar-refractivity contribution < 1.29 is 9.90 Å². The molecule has 0 aliphatic rings. The zero-order valence-electron chi connectivity index (χ0n) is 11.3. The fraction of sp³-hybridized carbons (Fsp3) is 0.143. The molecular formula is C14H11N3O2S2. The molecule has 0 aromatic carbocycles. The molecule has 0 fully saturated rings. The average molecular weight is 317 g/mol. The maximum Gasteiger partial charge on any atom is 0.346 e. The molecular weight excluding hydrogens is 306 g/mol. The lowest BCUT2D eigenvalue weighted by atomic mass is 10.2. The van der Waals surface area contributed by atoms with Crippen LogP contribution in [0.1, 0.15) is 20.8 Å². The summed E-state index contributed by atoms with van der Waals surface area (Å²) in [5, 5.41) is 11.6. The molecule has 1 N–H and O–H groups in total. The molecule has 7 heteroatoms. The number of aromatic nitrogens is 3. The second-order valence-corrected chi connectivity index (χ2v) is 6.42. The maximum absolute atomic E-state index is 11.3. The highest BCUT2D eigenvalue weighted by Gasteiger charge is 2.19. The van der Waals surface area contributed by atoms with Crippen LogP contribution >= 0.6 is 23.1 Å². The Labute approximate surface area is 129 Å². The smallest absolute Gasteiger partial charge is 0.346 e. The van der Waals surface area contributed by atoms with E-state index < -0.39 is 5.97 Å². The Morgan fingerprint density at radius 1 is 1.24 bits per heavy atom. The van der Waals surface area contributed by atoms with E-state index >= 15 is 0 Å². The molecule has 5 nitrogen and oxygen atoms in total. The van der Waals surface area contributed by atoms with Crippen molar-refractivity contribution in [3.8, 4) is 0 Å². The van der Waals surface area contributed by atoms with Gasteiger partial charge in [-0.2, -0.15) is 0 Å². The Morgan fingerprint density at radius 2 is 2.05 bits per heavy atom. The number of fused-ring (bicyclic) bond motifs is 1. The van der Waals surface area contributed by atoms with E-state index in [1.807, 2.05) is 19.1 Å². The molecule has 0 aliphatic carbocycles. The standard InChI is InChI=1S/C14H11N3O2S2/c1-7-4-3-5-15-11(7)21-13-9-8(2)10(14(18)19)20-12(9)16-6-17-13/h3-6H,1-2H3,(H,18,19). The summed E-state index contributed by atoms with van der Waals surface area (Å²) in [6.07, 6.45) is 3.20. The van der Waals surface area contributed by atoms with Gasteiger partial charge in [0, 0.05) is 11.6 Å². The fourth-order valence-electron chi connectivity index (χ4n) is 1.99. The molecule has 0 amide bonds. The number of hydrogen-bond donors (Lipinski definition) is 1. The van der Waals surface area contributed by atoms with Gasteiger partial charge >= 0.3 is 5.97 Å². The highest BCUT2D eigenvalue weighted by Crippen LogP contribution is 2.37. The van der Waals surface area contributed by atoms with E-state index in [-0.39, 0.29) is 0 Å². The van der Waals surface area contributed by atoms with Crippen molar-refractivity contribution in [1.82, 2.24) is 15.0 Å². The van der Waals surface area contributed by atoms with Gasteiger partial charge < -0.3 is 5.11 Å². The van der Waals surface area contributed by atoms with Crippen molar-refractivity contribution >= 4 is 39.3 Å². The Kier molecular flexibility index (Phi) is 3.60. The van der Waals surface area contributed by atoms with Gasteiger partial charge in [-0.1, -0.05) is 6.07 Å². The largest absolute Gasteiger partial charge is 0.477 e. The topological polar surface area (TPSA) is 76.0 Å². The van der Waals surface area contributed by atoms with E-state index in [1.54, 1.807) is 13.1 Å². The van der Waals surface area contributed by atoms with Gasteiger partial charge in [0.15, 0.2) is 0 Å². The van der Waals surface area contributed by atoms with E-state index in [2.05, 4.69) is 15.0 Å². The lowest BCUT2D eigenvalue weighted by Gasteiger charge is -2.04. The van der Waals surface area contributed by atoms with Crippen LogP contribution in [0.2, 0.25) is 0 Å². The molecule has 3 heterocycles. The first-order chi connectivity index (χ1) is 10.1. The fourth-order valence-corrected chi connectivity index (χ4v) is 4.02. The predicted molar refractivity (Wildman–Crippen MR) is 82.2 cm³/mol. The van der Waals surface area contributed by atoms with Crippen molar-refractivity contribution in [3.05, 3.63) is 40.7 Å². The number of pyridine rings is 1. The lowest BCUT2D eigenvalue weighted by molar-refractivity contribution is 0.0701. The van der Waals surface area contributed by atoms with Crippen molar-refractivity contribution in [2.24, 2.45) is 0 Å². The Hall–Kier alpha value is -1.99. The van der Waals surface area contributed by atoms with Gasteiger partial charge in [-0.25, -0.2) is 19.7 Å². The highest BCUT2D eigenvalue weighted by atomic mass is 32.2. The first-order valence-corrected chi connectivity index (χ1v) is 7.78. The van der Waals surface area contributed by atoms with Crippen LogP contribution in [0.3, 0.4) is 0 Å². The molecule has 0 spiro atoms.